The van der Waals surface area contributed by atoms with Crippen LogP contribution in [-0.4, -0.2) is 13.2 Å². The van der Waals surface area contributed by atoms with Gasteiger partial charge in [0.1, 0.15) is 0 Å². The monoisotopic (exact) mass is 141 g/mol. The fourth-order valence-corrected chi connectivity index (χ4v) is 1.13. The lowest BCUT2D eigenvalue weighted by atomic mass is 9.98. The molecule has 2 unspecified atom stereocenters. The smallest absolute Gasteiger partial charge is 0.0816 e. The minimum atomic E-state index is 0. The SMILES string of the molecule is COC1C=CC(N)=CC1C.[HH]. The summed E-state index contributed by atoms with van der Waals surface area (Å²) < 4.78 is 5.16. The van der Waals surface area contributed by atoms with Crippen LogP contribution in [0, 0.1) is 5.92 Å². The molecular weight excluding hydrogens is 126 g/mol. The molecule has 0 spiro atoms. The van der Waals surface area contributed by atoms with Gasteiger partial charge in [-0.25, -0.2) is 0 Å². The molecule has 1 aliphatic rings. The molecule has 0 radical (unpaired) electrons. The Labute approximate surface area is 62.8 Å². The van der Waals surface area contributed by atoms with E-state index in [9.17, 15) is 0 Å². The minimum Gasteiger partial charge on any atom is -0.399 e. The summed E-state index contributed by atoms with van der Waals surface area (Å²) in [6.07, 6.45) is 6.08. The van der Waals surface area contributed by atoms with Crippen LogP contribution in [0.3, 0.4) is 0 Å². The van der Waals surface area contributed by atoms with Crippen LogP contribution >= 0.6 is 0 Å². The minimum absolute atomic E-state index is 0. The van der Waals surface area contributed by atoms with E-state index in [0.29, 0.717) is 5.92 Å². The zero-order valence-electron chi connectivity index (χ0n) is 6.37. The summed E-state index contributed by atoms with van der Waals surface area (Å²) in [5.41, 5.74) is 6.39. The van der Waals surface area contributed by atoms with E-state index in [1.165, 1.54) is 0 Å². The lowest BCUT2D eigenvalue weighted by molar-refractivity contribution is 0.111. The molecule has 0 aliphatic heterocycles. The molecule has 2 N–H and O–H groups in total. The summed E-state index contributed by atoms with van der Waals surface area (Å²) in [6, 6.07) is 0. The van der Waals surface area contributed by atoms with Gasteiger partial charge in [0.15, 0.2) is 0 Å². The predicted molar refractivity (Wildman–Crippen MR) is 43.5 cm³/mol. The molecular formula is C8H15NO. The number of methoxy groups -OCH3 is 1. The van der Waals surface area contributed by atoms with E-state index in [1.807, 2.05) is 18.2 Å². The second-order valence-electron chi connectivity index (χ2n) is 2.59. The average Bonchev–Trinajstić information content (AvgIpc) is 1.88. The second kappa shape index (κ2) is 2.88. The third-order valence-electron chi connectivity index (χ3n) is 1.72. The maximum atomic E-state index is 5.56. The van der Waals surface area contributed by atoms with Gasteiger partial charge in [-0.15, -0.1) is 0 Å². The fraction of sp³-hybridized carbons (Fsp3) is 0.500. The van der Waals surface area contributed by atoms with E-state index in [1.54, 1.807) is 7.11 Å². The molecule has 2 heteroatoms. The van der Waals surface area contributed by atoms with Gasteiger partial charge in [-0.1, -0.05) is 19.1 Å². The van der Waals surface area contributed by atoms with Crippen molar-refractivity contribution in [3.63, 3.8) is 0 Å². The third kappa shape index (κ3) is 1.39. The van der Waals surface area contributed by atoms with E-state index >= 15 is 0 Å². The summed E-state index contributed by atoms with van der Waals surface area (Å²) in [4.78, 5) is 0. The number of rotatable bonds is 1. The molecule has 0 amide bonds. The number of nitrogens with two attached hydrogens (primary N) is 1. The Morgan fingerprint density at radius 1 is 1.70 bits per heavy atom. The van der Waals surface area contributed by atoms with Crippen molar-refractivity contribution in [3.05, 3.63) is 23.9 Å². The number of ether oxygens (including phenoxy) is 1. The van der Waals surface area contributed by atoms with E-state index in [0.717, 1.165) is 5.70 Å². The van der Waals surface area contributed by atoms with Crippen LogP contribution < -0.4 is 5.73 Å². The zero-order chi connectivity index (χ0) is 7.56. The Bertz CT molecular complexity index is 177. The standard InChI is InChI=1S/C8H13NO.H2/c1-6-5-7(9)3-4-8(6)10-2;/h3-6,8H,9H2,1-2H3;1H. The highest BCUT2D eigenvalue weighted by Gasteiger charge is 2.13. The molecule has 10 heavy (non-hydrogen) atoms. The van der Waals surface area contributed by atoms with E-state index in [2.05, 4.69) is 6.92 Å². The van der Waals surface area contributed by atoms with Gasteiger partial charge in [0.25, 0.3) is 0 Å². The summed E-state index contributed by atoms with van der Waals surface area (Å²) in [5, 5.41) is 0. The molecule has 0 aromatic carbocycles. The van der Waals surface area contributed by atoms with E-state index in [4.69, 9.17) is 10.5 Å². The van der Waals surface area contributed by atoms with Crippen molar-refractivity contribution >= 4 is 0 Å². The molecule has 0 heterocycles. The van der Waals surface area contributed by atoms with Gasteiger partial charge in [0, 0.05) is 20.2 Å². The van der Waals surface area contributed by atoms with Crippen LogP contribution in [0.25, 0.3) is 0 Å². The lowest BCUT2D eigenvalue weighted by Crippen LogP contribution is -2.20. The zero-order valence-corrected chi connectivity index (χ0v) is 6.37. The first-order valence-corrected chi connectivity index (χ1v) is 3.42. The molecule has 1 aliphatic carbocycles. The van der Waals surface area contributed by atoms with Crippen LogP contribution in [-0.2, 0) is 4.74 Å². The Kier molecular flexibility index (Phi) is 2.12. The average molecular weight is 141 g/mol. The highest BCUT2D eigenvalue weighted by atomic mass is 16.5. The van der Waals surface area contributed by atoms with Gasteiger partial charge < -0.3 is 10.5 Å². The van der Waals surface area contributed by atoms with Gasteiger partial charge in [0.2, 0.25) is 0 Å². The van der Waals surface area contributed by atoms with E-state index < -0.39 is 0 Å². The molecule has 0 saturated carbocycles. The van der Waals surface area contributed by atoms with Crippen molar-refractivity contribution in [2.75, 3.05) is 7.11 Å². The molecule has 2 atom stereocenters. The van der Waals surface area contributed by atoms with Gasteiger partial charge in [0.05, 0.1) is 6.10 Å². The summed E-state index contributed by atoms with van der Waals surface area (Å²) in [6.45, 7) is 2.09. The number of hydrogen-bond donors (Lipinski definition) is 1. The number of hydrogen-bond acceptors (Lipinski definition) is 2. The second-order valence-corrected chi connectivity index (χ2v) is 2.59. The van der Waals surface area contributed by atoms with E-state index in [-0.39, 0.29) is 7.53 Å². The Morgan fingerprint density at radius 3 is 2.90 bits per heavy atom. The maximum Gasteiger partial charge on any atom is 0.0816 e. The predicted octanol–water partition coefficient (Wildman–Crippen LogP) is 1.30. The quantitative estimate of drug-likeness (QED) is 0.597. The first-order chi connectivity index (χ1) is 4.74. The largest absolute Gasteiger partial charge is 0.399 e. The molecule has 1 rings (SSSR count). The molecule has 0 fully saturated rings. The Balaban J connectivity index is 0.000001000. The van der Waals surface area contributed by atoms with Crippen molar-refractivity contribution in [1.82, 2.24) is 0 Å². The highest BCUT2D eigenvalue weighted by Crippen LogP contribution is 2.15. The van der Waals surface area contributed by atoms with Gasteiger partial charge >= 0.3 is 0 Å². The maximum absolute atomic E-state index is 5.56. The molecule has 2 nitrogen and oxygen atoms in total. The Hall–Kier alpha value is -0.760. The summed E-state index contributed by atoms with van der Waals surface area (Å²) in [7, 11) is 1.71. The number of allylic oxidation sites excluding steroid dienone is 1. The molecule has 0 aromatic rings. The highest BCUT2D eigenvalue weighted by molar-refractivity contribution is 5.23. The van der Waals surface area contributed by atoms with Crippen molar-refractivity contribution in [1.29, 1.82) is 0 Å². The fourth-order valence-electron chi connectivity index (χ4n) is 1.13. The van der Waals surface area contributed by atoms with Crippen molar-refractivity contribution in [2.45, 2.75) is 13.0 Å². The topological polar surface area (TPSA) is 35.2 Å². The normalized spacial score (nSPS) is 32.0. The van der Waals surface area contributed by atoms with Crippen molar-refractivity contribution in [2.24, 2.45) is 11.7 Å². The van der Waals surface area contributed by atoms with Crippen LogP contribution in [0.4, 0.5) is 0 Å². The van der Waals surface area contributed by atoms with Gasteiger partial charge in [-0.2, -0.15) is 0 Å². The molecule has 0 saturated heterocycles. The van der Waals surface area contributed by atoms with Crippen LogP contribution in [0.15, 0.2) is 23.9 Å². The van der Waals surface area contributed by atoms with Crippen LogP contribution in [0.1, 0.15) is 8.35 Å². The van der Waals surface area contributed by atoms with Crippen LogP contribution in [0.5, 0.6) is 0 Å². The third-order valence-corrected chi connectivity index (χ3v) is 1.72. The first kappa shape index (κ1) is 7.35. The first-order valence-electron chi connectivity index (χ1n) is 3.42. The molecule has 0 bridgehead atoms. The lowest BCUT2D eigenvalue weighted by Gasteiger charge is -2.19. The summed E-state index contributed by atoms with van der Waals surface area (Å²) in [5.74, 6) is 0.398. The van der Waals surface area contributed by atoms with Gasteiger partial charge in [-0.05, 0) is 6.08 Å². The van der Waals surface area contributed by atoms with Crippen molar-refractivity contribution < 1.29 is 6.16 Å². The molecule has 58 valence electrons. The van der Waals surface area contributed by atoms with Gasteiger partial charge in [-0.3, -0.25) is 0 Å². The van der Waals surface area contributed by atoms with Crippen LogP contribution in [0.2, 0.25) is 0 Å². The Morgan fingerprint density at radius 2 is 2.40 bits per heavy atom. The molecule has 0 aromatic heterocycles. The summed E-state index contributed by atoms with van der Waals surface area (Å²) >= 11 is 0. The van der Waals surface area contributed by atoms with Crippen molar-refractivity contribution in [3.8, 4) is 0 Å².